The van der Waals surface area contributed by atoms with Gasteiger partial charge in [-0.1, -0.05) is 115 Å². The largest absolute Gasteiger partial charge is 0.332 e. The predicted octanol–water partition coefficient (Wildman–Crippen LogP) is 7.81. The van der Waals surface area contributed by atoms with Crippen LogP contribution in [0.4, 0.5) is 0 Å². The van der Waals surface area contributed by atoms with Crippen molar-refractivity contribution < 1.29 is 0 Å². The third kappa shape index (κ3) is 4.22. The Bertz CT molecular complexity index is 1550. The number of benzene rings is 4. The number of aryl methyl sites for hydroxylation is 1. The van der Waals surface area contributed by atoms with E-state index in [4.69, 9.17) is 4.98 Å². The van der Waals surface area contributed by atoms with E-state index in [2.05, 4.69) is 82.8 Å². The topological polar surface area (TPSA) is 54.5 Å². The van der Waals surface area contributed by atoms with Gasteiger partial charge in [-0.2, -0.15) is 0 Å². The number of imidazole rings is 1. The van der Waals surface area contributed by atoms with Crippen LogP contribution >= 0.6 is 11.8 Å². The fourth-order valence-corrected chi connectivity index (χ4v) is 5.03. The van der Waals surface area contributed by atoms with Gasteiger partial charge in [0, 0.05) is 27.5 Å². The number of rotatable bonds is 5. The molecule has 0 aliphatic carbocycles. The number of fused-ring (bicyclic) bond motifs is 1. The molecule has 0 unspecified atom stereocenters. The lowest BCUT2D eigenvalue weighted by atomic mass is 10.0. The molecule has 0 bridgehead atoms. The molecule has 6 rings (SSSR count). The first-order chi connectivity index (χ1) is 17.3. The number of hydrogen-bond donors (Lipinski definition) is 1. The Kier molecular flexibility index (Phi) is 5.60. The highest BCUT2D eigenvalue weighted by Crippen LogP contribution is 2.37. The first-order valence-corrected chi connectivity index (χ1v) is 12.3. The molecule has 0 aliphatic rings. The molecule has 0 atom stereocenters. The van der Waals surface area contributed by atoms with Gasteiger partial charge in [0.15, 0.2) is 5.16 Å². The normalized spacial score (nSPS) is 11.1. The highest BCUT2D eigenvalue weighted by molar-refractivity contribution is 7.99. The molecule has 0 spiro atoms. The molecule has 2 aromatic heterocycles. The van der Waals surface area contributed by atoms with Gasteiger partial charge >= 0.3 is 0 Å². The van der Waals surface area contributed by atoms with Crippen molar-refractivity contribution in [3.63, 3.8) is 0 Å². The van der Waals surface area contributed by atoms with Crippen LogP contribution in [0.1, 0.15) is 5.56 Å². The Morgan fingerprint density at radius 1 is 0.571 bits per heavy atom. The van der Waals surface area contributed by atoms with Crippen molar-refractivity contribution in [2.24, 2.45) is 0 Å². The standard InChI is InChI=1S/C30H22N4S/c1-20-16-18-23(19-17-20)26-24-14-8-9-15-25(24)29(34-33-26)35-30-31-27(21-10-4-2-5-11-21)28(32-30)22-12-6-3-7-13-22/h2-19H,1H3,(H,31,32). The number of nitrogens with zero attached hydrogens (tertiary/aromatic N) is 3. The number of nitrogens with one attached hydrogen (secondary N) is 1. The van der Waals surface area contributed by atoms with Crippen molar-refractivity contribution in [3.8, 4) is 33.8 Å². The summed E-state index contributed by atoms with van der Waals surface area (Å²) < 4.78 is 0. The summed E-state index contributed by atoms with van der Waals surface area (Å²) >= 11 is 1.51. The minimum atomic E-state index is 0.783. The quantitative estimate of drug-likeness (QED) is 0.279. The average Bonchev–Trinajstić information content (AvgIpc) is 3.34. The second kappa shape index (κ2) is 9.20. The monoisotopic (exact) mass is 470 g/mol. The van der Waals surface area contributed by atoms with Crippen molar-refractivity contribution in [1.29, 1.82) is 0 Å². The zero-order chi connectivity index (χ0) is 23.6. The molecule has 6 aromatic rings. The minimum absolute atomic E-state index is 0.783. The van der Waals surface area contributed by atoms with Crippen LogP contribution in [0.25, 0.3) is 44.5 Å². The van der Waals surface area contributed by atoms with E-state index in [1.807, 2.05) is 48.5 Å². The zero-order valence-electron chi connectivity index (χ0n) is 19.1. The van der Waals surface area contributed by atoms with Gasteiger partial charge in [-0.05, 0) is 18.7 Å². The number of H-pyrrole nitrogens is 1. The summed E-state index contributed by atoms with van der Waals surface area (Å²) in [4.78, 5) is 8.54. The molecule has 2 heterocycles. The van der Waals surface area contributed by atoms with Gasteiger partial charge in [0.2, 0.25) is 0 Å². The number of hydrogen-bond acceptors (Lipinski definition) is 4. The number of aromatic nitrogens is 4. The van der Waals surface area contributed by atoms with Crippen LogP contribution in [-0.2, 0) is 0 Å². The second-order valence-electron chi connectivity index (χ2n) is 8.37. The van der Waals surface area contributed by atoms with Crippen LogP contribution in [0.3, 0.4) is 0 Å². The van der Waals surface area contributed by atoms with Crippen molar-refractivity contribution in [2.45, 2.75) is 17.1 Å². The first-order valence-electron chi connectivity index (χ1n) is 11.5. The molecule has 0 aliphatic heterocycles. The summed E-state index contributed by atoms with van der Waals surface area (Å²) in [6.45, 7) is 2.09. The summed E-state index contributed by atoms with van der Waals surface area (Å²) in [5.74, 6) is 0. The summed E-state index contributed by atoms with van der Waals surface area (Å²) in [5, 5.41) is 13.0. The Balaban J connectivity index is 1.44. The van der Waals surface area contributed by atoms with Gasteiger partial charge in [0.1, 0.15) is 10.7 Å². The van der Waals surface area contributed by atoms with Crippen molar-refractivity contribution in [1.82, 2.24) is 20.2 Å². The zero-order valence-corrected chi connectivity index (χ0v) is 20.0. The molecule has 168 valence electrons. The maximum atomic E-state index is 4.99. The Morgan fingerprint density at radius 3 is 1.89 bits per heavy atom. The summed E-state index contributed by atoms with van der Waals surface area (Å²) in [7, 11) is 0. The van der Waals surface area contributed by atoms with Crippen molar-refractivity contribution in [2.75, 3.05) is 0 Å². The van der Waals surface area contributed by atoms with Gasteiger partial charge in [-0.25, -0.2) is 4.98 Å². The third-order valence-electron chi connectivity index (χ3n) is 5.96. The molecule has 0 saturated heterocycles. The highest BCUT2D eigenvalue weighted by Gasteiger charge is 2.17. The smallest absolute Gasteiger partial charge is 0.172 e. The van der Waals surface area contributed by atoms with Crippen molar-refractivity contribution >= 4 is 22.5 Å². The van der Waals surface area contributed by atoms with Crippen LogP contribution in [0.15, 0.2) is 119 Å². The average molecular weight is 471 g/mol. The van der Waals surface area contributed by atoms with E-state index in [0.717, 1.165) is 54.7 Å². The van der Waals surface area contributed by atoms with Crippen LogP contribution in [-0.4, -0.2) is 20.2 Å². The lowest BCUT2D eigenvalue weighted by Gasteiger charge is -2.08. The van der Waals surface area contributed by atoms with E-state index in [1.54, 1.807) is 0 Å². The third-order valence-corrected chi connectivity index (χ3v) is 6.85. The lowest BCUT2D eigenvalue weighted by Crippen LogP contribution is -1.94. The molecular formula is C30H22N4S. The molecule has 0 amide bonds. The molecule has 0 fully saturated rings. The van der Waals surface area contributed by atoms with Crippen LogP contribution in [0, 0.1) is 6.92 Å². The molecule has 0 radical (unpaired) electrons. The van der Waals surface area contributed by atoms with Gasteiger partial charge in [-0.3, -0.25) is 0 Å². The van der Waals surface area contributed by atoms with Gasteiger partial charge in [0.25, 0.3) is 0 Å². The van der Waals surface area contributed by atoms with Gasteiger partial charge < -0.3 is 4.98 Å². The number of aromatic amines is 1. The molecule has 4 aromatic carbocycles. The first kappa shape index (κ1) is 21.3. The van der Waals surface area contributed by atoms with Crippen LogP contribution in [0.5, 0.6) is 0 Å². The maximum absolute atomic E-state index is 4.99. The summed E-state index contributed by atoms with van der Waals surface area (Å²) in [6, 6.07) is 37.3. The molecule has 5 heteroatoms. The van der Waals surface area contributed by atoms with E-state index in [-0.39, 0.29) is 0 Å². The van der Waals surface area contributed by atoms with E-state index >= 15 is 0 Å². The van der Waals surface area contributed by atoms with Gasteiger partial charge in [-0.15, -0.1) is 10.2 Å². The molecule has 35 heavy (non-hydrogen) atoms. The Hall–Kier alpha value is -4.22. The second-order valence-corrected chi connectivity index (χ2v) is 9.34. The fraction of sp³-hybridized carbons (Fsp3) is 0.0333. The van der Waals surface area contributed by atoms with Crippen LogP contribution in [0.2, 0.25) is 0 Å². The minimum Gasteiger partial charge on any atom is -0.332 e. The predicted molar refractivity (Wildman–Crippen MR) is 143 cm³/mol. The molecule has 0 saturated carbocycles. The van der Waals surface area contributed by atoms with E-state index in [1.165, 1.54) is 17.3 Å². The fourth-order valence-electron chi connectivity index (χ4n) is 4.19. The van der Waals surface area contributed by atoms with E-state index < -0.39 is 0 Å². The van der Waals surface area contributed by atoms with Gasteiger partial charge in [0.05, 0.1) is 11.4 Å². The molecule has 4 nitrogen and oxygen atoms in total. The van der Waals surface area contributed by atoms with Crippen LogP contribution < -0.4 is 0 Å². The maximum Gasteiger partial charge on any atom is 0.172 e. The van der Waals surface area contributed by atoms with Crippen molar-refractivity contribution in [3.05, 3.63) is 115 Å². The summed E-state index contributed by atoms with van der Waals surface area (Å²) in [5.41, 5.74) is 7.25. The lowest BCUT2D eigenvalue weighted by molar-refractivity contribution is 0.952. The molecule has 1 N–H and O–H groups in total. The van der Waals surface area contributed by atoms with E-state index in [0.29, 0.717) is 0 Å². The van der Waals surface area contributed by atoms with E-state index in [9.17, 15) is 0 Å². The summed E-state index contributed by atoms with van der Waals surface area (Å²) in [6.07, 6.45) is 0. The SMILES string of the molecule is Cc1ccc(-c2nnc(Sc3nc(-c4ccccc4)c(-c4ccccc4)[nH]3)c3ccccc23)cc1. The highest BCUT2D eigenvalue weighted by atomic mass is 32.2. The Labute approximate surface area is 208 Å². The Morgan fingerprint density at radius 2 is 1.17 bits per heavy atom. The molecular weight excluding hydrogens is 448 g/mol.